The lowest BCUT2D eigenvalue weighted by Gasteiger charge is -2.39. The molecule has 12 nitrogen and oxygen atoms in total. The second-order valence-corrected chi connectivity index (χ2v) is 8.32. The minimum atomic E-state index is -1.64. The number of aliphatic hydroxyl groups is 3. The van der Waals surface area contributed by atoms with Gasteiger partial charge in [-0.15, -0.1) is 0 Å². The summed E-state index contributed by atoms with van der Waals surface area (Å²) in [6.45, 7) is 1.50. The van der Waals surface area contributed by atoms with Crippen molar-refractivity contribution in [3.8, 4) is 45.8 Å². The Morgan fingerprint density at radius 3 is 1.97 bits per heavy atom. The van der Waals surface area contributed by atoms with E-state index in [1.54, 1.807) is 0 Å². The van der Waals surface area contributed by atoms with Crippen molar-refractivity contribution < 1.29 is 53.3 Å². The number of hydrogen-bond donors (Lipinski definition) is 4. The van der Waals surface area contributed by atoms with Crippen LogP contribution in [0, 0.1) is 0 Å². The molecule has 1 aliphatic heterocycles. The van der Waals surface area contributed by atoms with Gasteiger partial charge in [0.25, 0.3) is 0 Å². The number of benzene rings is 2. The predicted octanol–water partition coefficient (Wildman–Crippen LogP) is 1.41. The van der Waals surface area contributed by atoms with Crippen LogP contribution in [0.25, 0.3) is 22.3 Å². The highest BCUT2D eigenvalue weighted by atomic mass is 16.7. The summed E-state index contributed by atoms with van der Waals surface area (Å²) in [6.07, 6.45) is -6.87. The number of methoxy groups -OCH3 is 4. The average molecular weight is 520 g/mol. The number of fused-ring (bicyclic) bond motifs is 1. The van der Waals surface area contributed by atoms with Crippen LogP contribution in [-0.2, 0) is 4.74 Å². The number of ether oxygens (including phenoxy) is 6. The first-order valence-corrected chi connectivity index (χ1v) is 11.2. The third-order valence-corrected chi connectivity index (χ3v) is 6.12. The third-order valence-electron chi connectivity index (χ3n) is 6.12. The maximum Gasteiger partial charge on any atom is 0.229 e. The number of phenolic OH excluding ortho intramolecular Hbond substituents is 1. The van der Waals surface area contributed by atoms with E-state index in [1.165, 1.54) is 59.6 Å². The molecule has 0 saturated carbocycles. The van der Waals surface area contributed by atoms with Crippen LogP contribution in [-0.4, -0.2) is 79.6 Å². The Balaban J connectivity index is 1.90. The molecule has 5 unspecified atom stereocenters. The fraction of sp³-hybridized carbons (Fsp3) is 0.400. The highest BCUT2D eigenvalue weighted by Crippen LogP contribution is 2.45. The van der Waals surface area contributed by atoms with Gasteiger partial charge in [-0.1, -0.05) is 0 Å². The summed E-state index contributed by atoms with van der Waals surface area (Å²) in [5, 5.41) is 40.8. The summed E-state index contributed by atoms with van der Waals surface area (Å²) < 4.78 is 38.6. The lowest BCUT2D eigenvalue weighted by Crippen LogP contribution is -2.58. The van der Waals surface area contributed by atoms with Crippen molar-refractivity contribution in [1.29, 1.82) is 0 Å². The molecule has 1 aliphatic rings. The van der Waals surface area contributed by atoms with Gasteiger partial charge in [-0.05, 0) is 19.1 Å². The van der Waals surface area contributed by atoms with Gasteiger partial charge in [-0.2, -0.15) is 0 Å². The zero-order chi connectivity index (χ0) is 27.0. The molecule has 4 rings (SSSR count). The molecule has 1 aromatic heterocycles. The standard InChI is InChI=1S/C25H28O12/c1-10-19(27)21(29)22(30)25(35-10)37-24-18-12(26)8-13(36-14(18)9-17(33-4)23(24)34-5)11-6-15(31-2)20(28)16(7-11)32-3/h6-10,19,21-22,25,27-30H,1-5H3. The Kier molecular flexibility index (Phi) is 7.37. The molecule has 5 atom stereocenters. The molecule has 200 valence electrons. The van der Waals surface area contributed by atoms with E-state index in [-0.39, 0.29) is 51.2 Å². The summed E-state index contributed by atoms with van der Waals surface area (Å²) in [4.78, 5) is 13.4. The minimum Gasteiger partial charge on any atom is -0.502 e. The summed E-state index contributed by atoms with van der Waals surface area (Å²) >= 11 is 0. The Morgan fingerprint density at radius 1 is 0.784 bits per heavy atom. The number of phenols is 1. The molecular formula is C25H28O12. The predicted molar refractivity (Wildman–Crippen MR) is 129 cm³/mol. The van der Waals surface area contributed by atoms with Crippen molar-refractivity contribution in [2.75, 3.05) is 28.4 Å². The molecule has 0 bridgehead atoms. The van der Waals surface area contributed by atoms with E-state index in [0.717, 1.165) is 0 Å². The molecule has 0 spiro atoms. The van der Waals surface area contributed by atoms with Crippen molar-refractivity contribution in [3.05, 3.63) is 34.5 Å². The first-order chi connectivity index (χ1) is 17.6. The van der Waals surface area contributed by atoms with Gasteiger partial charge in [0.2, 0.25) is 17.8 Å². The van der Waals surface area contributed by atoms with Crippen molar-refractivity contribution in [2.24, 2.45) is 0 Å². The Labute approximate surface area is 211 Å². The number of aliphatic hydroxyl groups excluding tert-OH is 3. The number of rotatable bonds is 7. The molecular weight excluding hydrogens is 492 g/mol. The first-order valence-electron chi connectivity index (χ1n) is 11.2. The van der Waals surface area contributed by atoms with Crippen molar-refractivity contribution in [2.45, 2.75) is 37.6 Å². The normalized spacial score (nSPS) is 23.5. The number of hydrogen-bond acceptors (Lipinski definition) is 12. The van der Waals surface area contributed by atoms with E-state index in [4.69, 9.17) is 32.8 Å². The fourth-order valence-corrected chi connectivity index (χ4v) is 4.11. The van der Waals surface area contributed by atoms with Crippen LogP contribution < -0.4 is 29.1 Å². The largest absolute Gasteiger partial charge is 0.502 e. The molecule has 4 N–H and O–H groups in total. The molecule has 2 aromatic carbocycles. The molecule has 2 heterocycles. The monoisotopic (exact) mass is 520 g/mol. The van der Waals surface area contributed by atoms with E-state index < -0.39 is 36.1 Å². The van der Waals surface area contributed by atoms with Gasteiger partial charge in [0, 0.05) is 17.7 Å². The highest BCUT2D eigenvalue weighted by molar-refractivity contribution is 5.90. The van der Waals surface area contributed by atoms with Gasteiger partial charge in [-0.3, -0.25) is 4.79 Å². The lowest BCUT2D eigenvalue weighted by atomic mass is 10.00. The van der Waals surface area contributed by atoms with E-state index >= 15 is 0 Å². The maximum atomic E-state index is 13.4. The van der Waals surface area contributed by atoms with Crippen LogP contribution in [0.1, 0.15) is 6.92 Å². The molecule has 3 aromatic rings. The zero-order valence-corrected chi connectivity index (χ0v) is 20.8. The van der Waals surface area contributed by atoms with Gasteiger partial charge in [0.05, 0.1) is 34.5 Å². The molecule has 0 amide bonds. The van der Waals surface area contributed by atoms with E-state index in [2.05, 4.69) is 0 Å². The zero-order valence-electron chi connectivity index (χ0n) is 20.8. The van der Waals surface area contributed by atoms with Gasteiger partial charge >= 0.3 is 0 Å². The van der Waals surface area contributed by atoms with Crippen LogP contribution in [0.5, 0.6) is 34.5 Å². The summed E-state index contributed by atoms with van der Waals surface area (Å²) in [7, 11) is 5.45. The lowest BCUT2D eigenvalue weighted by molar-refractivity contribution is -0.268. The van der Waals surface area contributed by atoms with Gasteiger partial charge in [0.1, 0.15) is 35.0 Å². The van der Waals surface area contributed by atoms with Crippen LogP contribution >= 0.6 is 0 Å². The summed E-state index contributed by atoms with van der Waals surface area (Å²) in [5.41, 5.74) is -0.128. The molecule has 0 aliphatic carbocycles. The molecule has 1 saturated heterocycles. The van der Waals surface area contributed by atoms with E-state index in [0.29, 0.717) is 5.56 Å². The molecule has 0 radical (unpaired) electrons. The van der Waals surface area contributed by atoms with Gasteiger partial charge < -0.3 is 53.3 Å². The first kappa shape index (κ1) is 26.4. The Morgan fingerprint density at radius 2 is 1.41 bits per heavy atom. The van der Waals surface area contributed by atoms with Crippen molar-refractivity contribution in [3.63, 3.8) is 0 Å². The van der Waals surface area contributed by atoms with Crippen LogP contribution in [0.3, 0.4) is 0 Å². The second kappa shape index (κ2) is 10.3. The van der Waals surface area contributed by atoms with Crippen LogP contribution in [0.4, 0.5) is 0 Å². The second-order valence-electron chi connectivity index (χ2n) is 8.32. The minimum absolute atomic E-state index is 0.0205. The summed E-state index contributed by atoms with van der Waals surface area (Å²) in [5.74, 6) is 0.119. The fourth-order valence-electron chi connectivity index (χ4n) is 4.11. The molecule has 37 heavy (non-hydrogen) atoms. The topological polar surface area (TPSA) is 167 Å². The van der Waals surface area contributed by atoms with Crippen molar-refractivity contribution in [1.82, 2.24) is 0 Å². The quantitative estimate of drug-likeness (QED) is 0.354. The highest BCUT2D eigenvalue weighted by Gasteiger charge is 2.44. The Bertz CT molecular complexity index is 1320. The van der Waals surface area contributed by atoms with E-state index in [9.17, 15) is 25.2 Å². The smallest absolute Gasteiger partial charge is 0.229 e. The average Bonchev–Trinajstić information content (AvgIpc) is 2.89. The Hall–Kier alpha value is -3.71. The molecule has 1 fully saturated rings. The van der Waals surface area contributed by atoms with Crippen LogP contribution in [0.15, 0.2) is 33.5 Å². The van der Waals surface area contributed by atoms with Crippen molar-refractivity contribution >= 4 is 11.0 Å². The van der Waals surface area contributed by atoms with Gasteiger partial charge in [-0.25, -0.2) is 0 Å². The maximum absolute atomic E-state index is 13.4. The van der Waals surface area contributed by atoms with Crippen LogP contribution in [0.2, 0.25) is 0 Å². The van der Waals surface area contributed by atoms with Gasteiger partial charge in [0.15, 0.2) is 28.4 Å². The number of aromatic hydroxyl groups is 1. The summed E-state index contributed by atoms with van der Waals surface area (Å²) in [6, 6.07) is 5.58. The molecule has 12 heteroatoms. The van der Waals surface area contributed by atoms with E-state index in [1.807, 2.05) is 0 Å². The SMILES string of the molecule is COc1cc(-c2cc(=O)c3c(OC4OC(C)C(O)C(O)C4O)c(OC)c(OC)cc3o2)cc(OC)c1O. The third kappa shape index (κ3) is 4.60.